The molecule has 0 saturated carbocycles. The number of sulfonamides is 1. The summed E-state index contributed by atoms with van der Waals surface area (Å²) in [6.07, 6.45) is -3.66. The van der Waals surface area contributed by atoms with Crippen molar-refractivity contribution in [1.82, 2.24) is 4.98 Å². The number of aryl methyl sites for hydroxylation is 1. The summed E-state index contributed by atoms with van der Waals surface area (Å²) in [6, 6.07) is 2.52. The summed E-state index contributed by atoms with van der Waals surface area (Å²) in [5.74, 6) is -1.30. The van der Waals surface area contributed by atoms with Crippen LogP contribution < -0.4 is 4.72 Å². The summed E-state index contributed by atoms with van der Waals surface area (Å²) in [5, 5.41) is -0.810. The number of halogens is 3. The smallest absolute Gasteiger partial charge is 0.416 e. The maximum atomic E-state index is 12.6. The molecule has 0 saturated heterocycles. The Labute approximate surface area is 140 Å². The number of oxazole rings is 1. The highest BCUT2D eigenvalue weighted by molar-refractivity contribution is 7.92. The second-order valence-electron chi connectivity index (χ2n) is 4.84. The predicted octanol–water partition coefficient (Wildman–Crippen LogP) is 2.98. The molecule has 136 valence electrons. The molecule has 1 heterocycles. The van der Waals surface area contributed by atoms with Gasteiger partial charge in [-0.05, 0) is 37.6 Å². The van der Waals surface area contributed by atoms with Crippen LogP contribution in [0.5, 0.6) is 0 Å². The summed E-state index contributed by atoms with van der Waals surface area (Å²) in [4.78, 5) is 14.9. The first kappa shape index (κ1) is 18.8. The zero-order valence-electron chi connectivity index (χ0n) is 13.0. The Morgan fingerprint density at radius 2 is 2.04 bits per heavy atom. The van der Waals surface area contributed by atoms with Gasteiger partial charge < -0.3 is 9.15 Å². The van der Waals surface area contributed by atoms with Crippen LogP contribution in [0.4, 0.5) is 18.9 Å². The van der Waals surface area contributed by atoms with Gasteiger partial charge in [-0.15, -0.1) is 0 Å². The highest BCUT2D eigenvalue weighted by Crippen LogP contribution is 2.32. The fourth-order valence-electron chi connectivity index (χ4n) is 1.82. The van der Waals surface area contributed by atoms with E-state index in [4.69, 9.17) is 4.42 Å². The molecule has 0 bridgehead atoms. The standard InChI is InChI=1S/C14H13F3N2O5S/c1-3-23-12(20)11-7-18-13(24-11)25(21,22)19-10-5-4-9(6-8(10)2)14(15,16)17/h4-7,19H,3H2,1-2H3. The van der Waals surface area contributed by atoms with Crippen LogP contribution in [-0.2, 0) is 20.9 Å². The first-order chi connectivity index (χ1) is 11.5. The number of rotatable bonds is 5. The molecule has 0 unspecified atom stereocenters. The fraction of sp³-hybridized carbons (Fsp3) is 0.286. The third-order valence-electron chi connectivity index (χ3n) is 2.99. The van der Waals surface area contributed by atoms with E-state index in [-0.39, 0.29) is 17.9 Å². The third-order valence-corrected chi connectivity index (χ3v) is 4.13. The Morgan fingerprint density at radius 3 is 2.60 bits per heavy atom. The van der Waals surface area contributed by atoms with Crippen molar-refractivity contribution in [3.63, 3.8) is 0 Å². The summed E-state index contributed by atoms with van der Waals surface area (Å²) >= 11 is 0. The van der Waals surface area contributed by atoms with Gasteiger partial charge in [0.1, 0.15) is 0 Å². The van der Waals surface area contributed by atoms with E-state index in [1.165, 1.54) is 6.92 Å². The number of carbonyl (C=O) groups excluding carboxylic acids is 1. The number of esters is 1. The van der Waals surface area contributed by atoms with Crippen molar-refractivity contribution in [2.24, 2.45) is 0 Å². The van der Waals surface area contributed by atoms with E-state index in [0.717, 1.165) is 24.4 Å². The Bertz CT molecular complexity index is 890. The van der Waals surface area contributed by atoms with Gasteiger partial charge in [-0.3, -0.25) is 4.72 Å². The molecule has 2 rings (SSSR count). The minimum absolute atomic E-state index is 0.0515. The molecule has 0 amide bonds. The second kappa shape index (κ2) is 6.75. The molecule has 7 nitrogen and oxygen atoms in total. The molecule has 0 spiro atoms. The maximum absolute atomic E-state index is 12.6. The fourth-order valence-corrected chi connectivity index (χ4v) is 2.82. The average molecular weight is 378 g/mol. The van der Waals surface area contributed by atoms with Gasteiger partial charge >= 0.3 is 27.4 Å². The van der Waals surface area contributed by atoms with Crippen molar-refractivity contribution in [2.45, 2.75) is 25.2 Å². The van der Waals surface area contributed by atoms with Gasteiger partial charge in [0.2, 0.25) is 5.76 Å². The molecule has 0 atom stereocenters. The number of nitrogens with one attached hydrogen (secondary N) is 1. The molecule has 0 aliphatic heterocycles. The van der Waals surface area contributed by atoms with Crippen molar-refractivity contribution >= 4 is 21.7 Å². The Balaban J connectivity index is 2.26. The SMILES string of the molecule is CCOC(=O)c1cnc(S(=O)(=O)Nc2ccc(C(F)(F)F)cc2C)o1. The molecule has 0 aliphatic carbocycles. The number of ether oxygens (including phenoxy) is 1. The molecule has 25 heavy (non-hydrogen) atoms. The van der Waals surface area contributed by atoms with Crippen LogP contribution in [0.3, 0.4) is 0 Å². The van der Waals surface area contributed by atoms with E-state index < -0.39 is 38.7 Å². The van der Waals surface area contributed by atoms with Crippen LogP contribution in [0.1, 0.15) is 28.6 Å². The number of alkyl halides is 3. The van der Waals surface area contributed by atoms with Crippen molar-refractivity contribution < 1.29 is 35.5 Å². The number of anilines is 1. The molecule has 0 radical (unpaired) electrons. The van der Waals surface area contributed by atoms with E-state index in [9.17, 15) is 26.4 Å². The second-order valence-corrected chi connectivity index (χ2v) is 6.40. The maximum Gasteiger partial charge on any atom is 0.416 e. The molecular formula is C14H13F3N2O5S. The highest BCUT2D eigenvalue weighted by atomic mass is 32.2. The van der Waals surface area contributed by atoms with E-state index in [1.807, 2.05) is 0 Å². The number of hydrogen-bond donors (Lipinski definition) is 1. The van der Waals surface area contributed by atoms with Crippen LogP contribution in [-0.4, -0.2) is 26.0 Å². The molecule has 1 N–H and O–H groups in total. The van der Waals surface area contributed by atoms with E-state index >= 15 is 0 Å². The lowest BCUT2D eigenvalue weighted by Crippen LogP contribution is -2.15. The lowest BCUT2D eigenvalue weighted by atomic mass is 10.1. The van der Waals surface area contributed by atoms with Gasteiger partial charge in [-0.2, -0.15) is 21.6 Å². The van der Waals surface area contributed by atoms with E-state index in [0.29, 0.717) is 0 Å². The summed E-state index contributed by atoms with van der Waals surface area (Å²) in [6.45, 7) is 2.93. The Hall–Kier alpha value is -2.56. The zero-order valence-corrected chi connectivity index (χ0v) is 13.9. The molecule has 11 heteroatoms. The highest BCUT2D eigenvalue weighted by Gasteiger charge is 2.31. The lowest BCUT2D eigenvalue weighted by Gasteiger charge is -2.12. The molecule has 0 aliphatic rings. The average Bonchev–Trinajstić information content (AvgIpc) is 2.99. The molecule has 2 aromatic rings. The summed E-state index contributed by atoms with van der Waals surface area (Å²) in [5.41, 5.74) is -0.937. The number of aromatic nitrogens is 1. The third kappa shape index (κ3) is 4.29. The number of nitrogens with zero attached hydrogens (tertiary/aromatic N) is 1. The predicted molar refractivity (Wildman–Crippen MR) is 79.4 cm³/mol. The van der Waals surface area contributed by atoms with Gasteiger partial charge in [0.15, 0.2) is 0 Å². The zero-order chi connectivity index (χ0) is 18.8. The number of benzene rings is 1. The quantitative estimate of drug-likeness (QED) is 0.803. The van der Waals surface area contributed by atoms with Crippen molar-refractivity contribution in [3.05, 3.63) is 41.3 Å². The Morgan fingerprint density at radius 1 is 1.36 bits per heavy atom. The van der Waals surface area contributed by atoms with Gasteiger partial charge in [-0.25, -0.2) is 9.78 Å². The summed E-state index contributed by atoms with van der Waals surface area (Å²) < 4.78 is 73.8. The van der Waals surface area contributed by atoms with Gasteiger partial charge in [0.05, 0.1) is 24.1 Å². The molecule has 0 fully saturated rings. The number of hydrogen-bond acceptors (Lipinski definition) is 6. The monoisotopic (exact) mass is 378 g/mol. The topological polar surface area (TPSA) is 98.5 Å². The minimum atomic E-state index is -4.54. The van der Waals surface area contributed by atoms with Crippen molar-refractivity contribution in [2.75, 3.05) is 11.3 Å². The van der Waals surface area contributed by atoms with Gasteiger partial charge in [-0.1, -0.05) is 0 Å². The van der Waals surface area contributed by atoms with Crippen molar-refractivity contribution in [1.29, 1.82) is 0 Å². The largest absolute Gasteiger partial charge is 0.460 e. The van der Waals surface area contributed by atoms with Crippen LogP contribution in [0.2, 0.25) is 0 Å². The molecule has 1 aromatic heterocycles. The van der Waals surface area contributed by atoms with Crippen molar-refractivity contribution in [3.8, 4) is 0 Å². The first-order valence-electron chi connectivity index (χ1n) is 6.88. The van der Waals surface area contributed by atoms with Crippen LogP contribution in [0.15, 0.2) is 34.0 Å². The molecular weight excluding hydrogens is 365 g/mol. The van der Waals surface area contributed by atoms with Crippen LogP contribution in [0, 0.1) is 6.92 Å². The first-order valence-corrected chi connectivity index (χ1v) is 8.36. The number of carbonyl (C=O) groups is 1. The van der Waals surface area contributed by atoms with Crippen LogP contribution in [0.25, 0.3) is 0 Å². The molecule has 1 aromatic carbocycles. The van der Waals surface area contributed by atoms with E-state index in [1.54, 1.807) is 6.92 Å². The van der Waals surface area contributed by atoms with Gasteiger partial charge in [0, 0.05) is 0 Å². The normalized spacial score (nSPS) is 12.0. The minimum Gasteiger partial charge on any atom is -0.460 e. The van der Waals surface area contributed by atoms with Gasteiger partial charge in [0.25, 0.3) is 0 Å². The Kier molecular flexibility index (Phi) is 5.07. The van der Waals surface area contributed by atoms with E-state index in [2.05, 4.69) is 14.4 Å². The summed E-state index contributed by atoms with van der Waals surface area (Å²) in [7, 11) is -4.33. The van der Waals surface area contributed by atoms with Crippen LogP contribution >= 0.6 is 0 Å². The lowest BCUT2D eigenvalue weighted by molar-refractivity contribution is -0.137.